The highest BCUT2D eigenvalue weighted by molar-refractivity contribution is 14.0. The Morgan fingerprint density at radius 2 is 1.59 bits per heavy atom. The molecular weight excluding hydrogens is 520 g/mol. The van der Waals surface area contributed by atoms with Gasteiger partial charge in [0.15, 0.2) is 5.96 Å². The number of rotatable bonds is 7. The Kier molecular flexibility index (Phi) is 8.38. The number of ether oxygens (including phenoxy) is 2. The zero-order valence-electron chi connectivity index (χ0n) is 18.8. The third kappa shape index (κ3) is 5.36. The summed E-state index contributed by atoms with van der Waals surface area (Å²) in [5.41, 5.74) is 1.93. The molecule has 1 saturated heterocycles. The molecule has 1 saturated carbocycles. The molecule has 5 nitrogen and oxygen atoms in total. The molecule has 2 aliphatic rings. The minimum atomic E-state index is -0.130. The lowest BCUT2D eigenvalue weighted by atomic mass is 9.74. The molecule has 2 aromatic carbocycles. The molecule has 1 aliphatic carbocycles. The molecule has 4 rings (SSSR count). The predicted octanol–water partition coefficient (Wildman–Crippen LogP) is 4.40. The number of hydrogen-bond acceptors (Lipinski definition) is 3. The molecule has 0 radical (unpaired) electrons. The summed E-state index contributed by atoms with van der Waals surface area (Å²) in [4.78, 5) is 4.42. The second-order valence-electron chi connectivity index (χ2n) is 8.66. The highest BCUT2D eigenvalue weighted by Crippen LogP contribution is 2.48. The summed E-state index contributed by atoms with van der Waals surface area (Å²) in [5.74, 6) is 1.49. The highest BCUT2D eigenvalue weighted by atomic mass is 127. The van der Waals surface area contributed by atoms with Gasteiger partial charge in [-0.15, -0.1) is 24.0 Å². The van der Waals surface area contributed by atoms with Gasteiger partial charge in [0.2, 0.25) is 0 Å². The average molecular weight is 553 g/mol. The van der Waals surface area contributed by atoms with Gasteiger partial charge in [0.05, 0.1) is 7.11 Å². The maximum Gasteiger partial charge on any atom is 0.191 e. The first-order chi connectivity index (χ1) is 15.1. The van der Waals surface area contributed by atoms with Crippen LogP contribution < -0.4 is 15.4 Å². The van der Waals surface area contributed by atoms with E-state index in [2.05, 4.69) is 27.8 Å². The van der Waals surface area contributed by atoms with E-state index in [1.165, 1.54) is 5.56 Å². The van der Waals surface area contributed by atoms with Crippen LogP contribution >= 0.6 is 24.0 Å². The smallest absolute Gasteiger partial charge is 0.191 e. The Morgan fingerprint density at radius 3 is 2.16 bits per heavy atom. The van der Waals surface area contributed by atoms with Gasteiger partial charge in [-0.2, -0.15) is 0 Å². The van der Waals surface area contributed by atoms with Gasteiger partial charge in [-0.25, -0.2) is 4.39 Å². The molecule has 2 fully saturated rings. The Bertz CT molecular complexity index is 910. The monoisotopic (exact) mass is 553 g/mol. The third-order valence-electron chi connectivity index (χ3n) is 6.86. The van der Waals surface area contributed by atoms with Crippen LogP contribution in [0.2, 0.25) is 0 Å². The van der Waals surface area contributed by atoms with Crippen LogP contribution in [0.5, 0.6) is 5.75 Å². The number of guanidine groups is 1. The largest absolute Gasteiger partial charge is 0.497 e. The van der Waals surface area contributed by atoms with Crippen LogP contribution in [0.3, 0.4) is 0 Å². The number of nitrogens with zero attached hydrogens (tertiary/aromatic N) is 1. The molecular formula is C25H33FIN3O2. The molecule has 0 aromatic heterocycles. The van der Waals surface area contributed by atoms with E-state index in [9.17, 15) is 4.39 Å². The Labute approximate surface area is 207 Å². The number of hydrogen-bond donors (Lipinski definition) is 2. The minimum absolute atomic E-state index is 0. The normalized spacial score (nSPS) is 18.9. The van der Waals surface area contributed by atoms with Crippen LogP contribution in [-0.4, -0.2) is 46.4 Å². The van der Waals surface area contributed by atoms with Crippen LogP contribution in [0.25, 0.3) is 0 Å². The van der Waals surface area contributed by atoms with Crippen molar-refractivity contribution in [3.63, 3.8) is 0 Å². The highest BCUT2D eigenvalue weighted by Gasteiger charge is 2.46. The molecule has 7 heteroatoms. The summed E-state index contributed by atoms with van der Waals surface area (Å²) in [6, 6.07) is 15.5. The lowest BCUT2D eigenvalue weighted by Crippen LogP contribution is -2.49. The molecule has 0 amide bonds. The van der Waals surface area contributed by atoms with E-state index in [0.29, 0.717) is 6.54 Å². The Morgan fingerprint density at radius 1 is 0.969 bits per heavy atom. The van der Waals surface area contributed by atoms with Crippen molar-refractivity contribution in [1.29, 1.82) is 0 Å². The summed E-state index contributed by atoms with van der Waals surface area (Å²) in [7, 11) is 3.46. The van der Waals surface area contributed by atoms with E-state index >= 15 is 0 Å². The van der Waals surface area contributed by atoms with Crippen molar-refractivity contribution >= 4 is 29.9 Å². The van der Waals surface area contributed by atoms with Gasteiger partial charge < -0.3 is 20.1 Å². The predicted molar refractivity (Wildman–Crippen MR) is 137 cm³/mol. The second-order valence-corrected chi connectivity index (χ2v) is 8.66. The summed E-state index contributed by atoms with van der Waals surface area (Å²) < 4.78 is 25.3. The molecule has 2 aromatic rings. The number of aliphatic imine (C=N–C) groups is 1. The SMILES string of the molecule is CN=C(NCC1(c2ccc(OC)cc2)CCOCC1)NCC1(c2ccccc2F)CC1.I. The van der Waals surface area contributed by atoms with Crippen LogP contribution in [0.4, 0.5) is 4.39 Å². The van der Waals surface area contributed by atoms with Gasteiger partial charge in [0.25, 0.3) is 0 Å². The quantitative estimate of drug-likeness (QED) is 0.304. The van der Waals surface area contributed by atoms with Crippen LogP contribution in [0.1, 0.15) is 36.8 Å². The summed E-state index contributed by atoms with van der Waals surface area (Å²) in [6.07, 6.45) is 3.88. The topological polar surface area (TPSA) is 54.9 Å². The fourth-order valence-electron chi connectivity index (χ4n) is 4.58. The van der Waals surface area contributed by atoms with E-state index in [-0.39, 0.29) is 40.6 Å². The van der Waals surface area contributed by atoms with Crippen LogP contribution in [0.15, 0.2) is 53.5 Å². The van der Waals surface area contributed by atoms with Crippen molar-refractivity contribution in [3.05, 3.63) is 65.5 Å². The molecule has 32 heavy (non-hydrogen) atoms. The average Bonchev–Trinajstić information content (AvgIpc) is 3.61. The van der Waals surface area contributed by atoms with Crippen LogP contribution in [-0.2, 0) is 15.6 Å². The van der Waals surface area contributed by atoms with Crippen molar-refractivity contribution in [2.45, 2.75) is 36.5 Å². The first-order valence-electron chi connectivity index (χ1n) is 11.0. The van der Waals surface area contributed by atoms with E-state index in [0.717, 1.165) is 62.7 Å². The Balaban J connectivity index is 0.00000289. The maximum absolute atomic E-state index is 14.3. The molecule has 0 atom stereocenters. The summed E-state index contributed by atoms with van der Waals surface area (Å²) >= 11 is 0. The number of nitrogens with one attached hydrogen (secondary N) is 2. The van der Waals surface area contributed by atoms with Crippen molar-refractivity contribution < 1.29 is 13.9 Å². The summed E-state index contributed by atoms with van der Waals surface area (Å²) in [6.45, 7) is 2.92. The zero-order chi connectivity index (χ0) is 21.7. The number of halogens is 2. The van der Waals surface area contributed by atoms with Crippen molar-refractivity contribution in [2.24, 2.45) is 4.99 Å². The molecule has 1 heterocycles. The van der Waals surface area contributed by atoms with Gasteiger partial charge in [-0.1, -0.05) is 30.3 Å². The minimum Gasteiger partial charge on any atom is -0.497 e. The third-order valence-corrected chi connectivity index (χ3v) is 6.86. The first-order valence-corrected chi connectivity index (χ1v) is 11.0. The fraction of sp³-hybridized carbons (Fsp3) is 0.480. The standard InChI is InChI=1S/C25H32FN3O2.HI/c1-27-23(29-18-25(11-12-25)21-5-3-4-6-22(21)26)28-17-24(13-15-31-16-14-24)19-7-9-20(30-2)10-8-19;/h3-10H,11-18H2,1-2H3,(H2,27,28,29);1H. The van der Waals surface area contributed by atoms with Crippen molar-refractivity contribution in [1.82, 2.24) is 10.6 Å². The zero-order valence-corrected chi connectivity index (χ0v) is 21.2. The van der Waals surface area contributed by atoms with Crippen LogP contribution in [0, 0.1) is 5.82 Å². The van der Waals surface area contributed by atoms with E-state index < -0.39 is 0 Å². The first kappa shape index (κ1) is 24.8. The number of benzene rings is 2. The van der Waals surface area contributed by atoms with Gasteiger partial charge in [0, 0.05) is 44.2 Å². The molecule has 2 N–H and O–H groups in total. The molecule has 174 valence electrons. The molecule has 0 bridgehead atoms. The molecule has 0 spiro atoms. The summed E-state index contributed by atoms with van der Waals surface area (Å²) in [5, 5.41) is 6.98. The van der Waals surface area contributed by atoms with E-state index in [1.807, 2.05) is 24.3 Å². The van der Waals surface area contributed by atoms with Crippen molar-refractivity contribution in [2.75, 3.05) is 40.5 Å². The fourth-order valence-corrected chi connectivity index (χ4v) is 4.58. The second kappa shape index (κ2) is 10.8. The molecule has 0 unspecified atom stereocenters. The van der Waals surface area contributed by atoms with E-state index in [4.69, 9.17) is 9.47 Å². The van der Waals surface area contributed by atoms with Gasteiger partial charge in [-0.3, -0.25) is 4.99 Å². The lowest BCUT2D eigenvalue weighted by Gasteiger charge is -2.38. The number of methoxy groups -OCH3 is 1. The Hall–Kier alpha value is -1.87. The lowest BCUT2D eigenvalue weighted by molar-refractivity contribution is 0.0513. The van der Waals surface area contributed by atoms with E-state index in [1.54, 1.807) is 26.3 Å². The van der Waals surface area contributed by atoms with Gasteiger partial charge in [0.1, 0.15) is 11.6 Å². The molecule has 1 aliphatic heterocycles. The van der Waals surface area contributed by atoms with Gasteiger partial charge >= 0.3 is 0 Å². The maximum atomic E-state index is 14.3. The van der Waals surface area contributed by atoms with Crippen molar-refractivity contribution in [3.8, 4) is 5.75 Å². The van der Waals surface area contributed by atoms with Gasteiger partial charge in [-0.05, 0) is 55.0 Å².